The number of aliphatic hydroxyl groups is 1. The van der Waals surface area contributed by atoms with Gasteiger partial charge in [0, 0.05) is 11.8 Å². The maximum Gasteiger partial charge on any atom is 0.336 e. The number of carboxylic acids is 1. The highest BCUT2D eigenvalue weighted by atomic mass is 32.2. The molecule has 1 atom stereocenters. The maximum absolute atomic E-state index is 10.7. The van der Waals surface area contributed by atoms with E-state index < -0.39 is 11.6 Å². The number of nitrogen functional groups attached to an aromatic ring is 1. The van der Waals surface area contributed by atoms with Gasteiger partial charge in [-0.25, -0.2) is 4.79 Å². The minimum Gasteiger partial charge on any atom is -0.479 e. The molecule has 96 valence electrons. The second kappa shape index (κ2) is 4.92. The minimum atomic E-state index is -1.80. The van der Waals surface area contributed by atoms with E-state index in [0.29, 0.717) is 5.16 Å². The summed E-state index contributed by atoms with van der Waals surface area (Å²) < 4.78 is 1.68. The van der Waals surface area contributed by atoms with Gasteiger partial charge in [0.1, 0.15) is 0 Å². The highest BCUT2D eigenvalue weighted by Gasteiger charge is 2.31. The number of rotatable bonds is 5. The minimum absolute atomic E-state index is 0.0206. The highest BCUT2D eigenvalue weighted by Crippen LogP contribution is 2.25. The van der Waals surface area contributed by atoms with Crippen molar-refractivity contribution >= 4 is 23.7 Å². The van der Waals surface area contributed by atoms with Crippen molar-refractivity contribution in [3.8, 4) is 0 Å². The lowest BCUT2D eigenvalue weighted by Gasteiger charge is -2.17. The monoisotopic (exact) mass is 260 g/mol. The molecule has 0 radical (unpaired) electrons. The largest absolute Gasteiger partial charge is 0.479 e. The summed E-state index contributed by atoms with van der Waals surface area (Å²) in [6.07, 6.45) is 0. The zero-order valence-electron chi connectivity index (χ0n) is 9.91. The third-order valence-electron chi connectivity index (χ3n) is 2.15. The molecule has 1 aromatic heterocycles. The zero-order valence-corrected chi connectivity index (χ0v) is 10.7. The molecule has 1 aromatic rings. The van der Waals surface area contributed by atoms with Crippen molar-refractivity contribution in [2.24, 2.45) is 0 Å². The van der Waals surface area contributed by atoms with E-state index in [2.05, 4.69) is 10.2 Å². The van der Waals surface area contributed by atoms with Gasteiger partial charge in [0.25, 0.3) is 0 Å². The summed E-state index contributed by atoms with van der Waals surface area (Å²) in [6, 6.07) is 0.0716. The van der Waals surface area contributed by atoms with Crippen LogP contribution in [0.3, 0.4) is 0 Å². The molecule has 0 aliphatic heterocycles. The molecule has 1 heterocycles. The summed E-state index contributed by atoms with van der Waals surface area (Å²) in [5.41, 5.74) is 3.84. The number of nitrogens with zero attached hydrogens (tertiary/aromatic N) is 3. The normalized spacial score (nSPS) is 14.9. The molecule has 1 rings (SSSR count). The molecule has 1 unspecified atom stereocenters. The van der Waals surface area contributed by atoms with Crippen LogP contribution in [0.4, 0.5) is 5.95 Å². The van der Waals surface area contributed by atoms with Gasteiger partial charge in [0.05, 0.1) is 0 Å². The number of carboxylic acid groups (broad SMARTS) is 1. The third kappa shape index (κ3) is 3.10. The Bertz CT molecular complexity index is 416. The predicted molar refractivity (Wildman–Crippen MR) is 63.8 cm³/mol. The Balaban J connectivity index is 2.80. The summed E-state index contributed by atoms with van der Waals surface area (Å²) in [5, 5.41) is 26.4. The Morgan fingerprint density at radius 2 is 2.18 bits per heavy atom. The molecular weight excluding hydrogens is 244 g/mol. The summed E-state index contributed by atoms with van der Waals surface area (Å²) in [7, 11) is 0. The first kappa shape index (κ1) is 13.8. The van der Waals surface area contributed by atoms with E-state index >= 15 is 0 Å². The van der Waals surface area contributed by atoms with Gasteiger partial charge >= 0.3 is 5.97 Å². The molecule has 0 amide bonds. The first-order valence-corrected chi connectivity index (χ1v) is 6.03. The van der Waals surface area contributed by atoms with E-state index in [-0.39, 0.29) is 17.7 Å². The van der Waals surface area contributed by atoms with Gasteiger partial charge in [0.15, 0.2) is 10.8 Å². The fourth-order valence-electron chi connectivity index (χ4n) is 1.14. The molecular formula is C9H16N4O3S. The van der Waals surface area contributed by atoms with Gasteiger partial charge in [0.2, 0.25) is 5.95 Å². The van der Waals surface area contributed by atoms with E-state index in [1.807, 2.05) is 13.8 Å². The molecule has 0 aromatic carbocycles. The molecule has 0 aliphatic rings. The van der Waals surface area contributed by atoms with E-state index in [9.17, 15) is 9.90 Å². The summed E-state index contributed by atoms with van der Waals surface area (Å²) in [5.74, 6) is -1.02. The van der Waals surface area contributed by atoms with Crippen molar-refractivity contribution < 1.29 is 15.0 Å². The van der Waals surface area contributed by atoms with E-state index in [1.54, 1.807) is 4.57 Å². The number of aromatic nitrogens is 3. The molecule has 4 N–H and O–H groups in total. The van der Waals surface area contributed by atoms with Crippen LogP contribution in [-0.4, -0.2) is 42.3 Å². The number of hydrogen-bond donors (Lipinski definition) is 3. The lowest BCUT2D eigenvalue weighted by molar-refractivity contribution is -0.154. The lowest BCUT2D eigenvalue weighted by Crippen LogP contribution is -2.37. The van der Waals surface area contributed by atoms with Crippen LogP contribution in [0, 0.1) is 0 Å². The number of nitrogens with two attached hydrogens (primary N) is 1. The van der Waals surface area contributed by atoms with Gasteiger partial charge in [-0.05, 0) is 20.8 Å². The van der Waals surface area contributed by atoms with Crippen molar-refractivity contribution in [1.29, 1.82) is 0 Å². The van der Waals surface area contributed by atoms with Crippen LogP contribution in [0.5, 0.6) is 0 Å². The fraction of sp³-hybridized carbons (Fsp3) is 0.667. The van der Waals surface area contributed by atoms with E-state index in [4.69, 9.17) is 10.8 Å². The second-order valence-corrected chi connectivity index (χ2v) is 5.11. The average Bonchev–Trinajstić information content (AvgIpc) is 2.56. The molecule has 7 nitrogen and oxygen atoms in total. The average molecular weight is 260 g/mol. The van der Waals surface area contributed by atoms with Crippen LogP contribution in [0.25, 0.3) is 0 Å². The zero-order chi connectivity index (χ0) is 13.2. The van der Waals surface area contributed by atoms with Crippen LogP contribution in [0.15, 0.2) is 5.16 Å². The van der Waals surface area contributed by atoms with Crippen LogP contribution in [0.2, 0.25) is 0 Å². The van der Waals surface area contributed by atoms with Gasteiger partial charge in [-0.15, -0.1) is 10.2 Å². The van der Waals surface area contributed by atoms with Crippen LogP contribution >= 0.6 is 11.8 Å². The molecule has 0 saturated heterocycles. The third-order valence-corrected chi connectivity index (χ3v) is 3.39. The predicted octanol–water partition coefficient (Wildman–Crippen LogP) is 0.369. The molecule has 0 aliphatic carbocycles. The standard InChI is InChI=1S/C9H16N4O3S/c1-5(2)13-7(10)11-12-8(13)17-4-9(3,16)6(14)15/h5,16H,4H2,1-3H3,(H2,10,11)(H,14,15). The Morgan fingerprint density at radius 3 is 2.65 bits per heavy atom. The lowest BCUT2D eigenvalue weighted by atomic mass is 10.1. The number of anilines is 1. The summed E-state index contributed by atoms with van der Waals surface area (Å²) in [6.45, 7) is 5.07. The number of carbonyl (C=O) groups is 1. The number of aliphatic carboxylic acids is 1. The molecule has 0 spiro atoms. The van der Waals surface area contributed by atoms with E-state index in [0.717, 1.165) is 11.8 Å². The van der Waals surface area contributed by atoms with Gasteiger partial charge in [-0.1, -0.05) is 11.8 Å². The van der Waals surface area contributed by atoms with Crippen LogP contribution in [0.1, 0.15) is 26.8 Å². The molecule has 0 saturated carbocycles. The summed E-state index contributed by atoms with van der Waals surface area (Å²) >= 11 is 1.11. The quantitative estimate of drug-likeness (QED) is 0.655. The Hall–Kier alpha value is -1.28. The van der Waals surface area contributed by atoms with Crippen LogP contribution < -0.4 is 5.73 Å². The van der Waals surface area contributed by atoms with Crippen molar-refractivity contribution in [3.05, 3.63) is 0 Å². The van der Waals surface area contributed by atoms with Gasteiger partial charge in [-0.3, -0.25) is 4.57 Å². The highest BCUT2D eigenvalue weighted by molar-refractivity contribution is 7.99. The summed E-state index contributed by atoms with van der Waals surface area (Å²) in [4.78, 5) is 10.7. The van der Waals surface area contributed by atoms with Crippen molar-refractivity contribution in [2.45, 2.75) is 37.6 Å². The van der Waals surface area contributed by atoms with Gasteiger partial charge in [-0.2, -0.15) is 0 Å². The maximum atomic E-state index is 10.7. The topological polar surface area (TPSA) is 114 Å². The van der Waals surface area contributed by atoms with Gasteiger partial charge < -0.3 is 15.9 Å². The van der Waals surface area contributed by atoms with Crippen molar-refractivity contribution in [3.63, 3.8) is 0 Å². The smallest absolute Gasteiger partial charge is 0.336 e. The first-order chi connectivity index (χ1) is 7.75. The molecule has 8 heteroatoms. The molecule has 0 fully saturated rings. The Labute approximate surface area is 103 Å². The first-order valence-electron chi connectivity index (χ1n) is 5.04. The number of thioether (sulfide) groups is 1. The van der Waals surface area contributed by atoms with Crippen molar-refractivity contribution in [1.82, 2.24) is 14.8 Å². The SMILES string of the molecule is CC(C)n1c(N)nnc1SCC(C)(O)C(=O)O. The number of hydrogen-bond acceptors (Lipinski definition) is 6. The van der Waals surface area contributed by atoms with E-state index in [1.165, 1.54) is 6.92 Å². The molecule has 17 heavy (non-hydrogen) atoms. The van der Waals surface area contributed by atoms with Crippen LogP contribution in [-0.2, 0) is 4.79 Å². The Kier molecular flexibility index (Phi) is 3.99. The second-order valence-electron chi connectivity index (χ2n) is 4.17. The van der Waals surface area contributed by atoms with Crippen molar-refractivity contribution in [2.75, 3.05) is 11.5 Å². The Morgan fingerprint density at radius 1 is 1.59 bits per heavy atom. The fourth-order valence-corrected chi connectivity index (χ4v) is 2.21. The molecule has 0 bridgehead atoms.